The number of aliphatic hydroxyl groups is 1. The van der Waals surface area contributed by atoms with Gasteiger partial charge in [0.1, 0.15) is 5.82 Å². The van der Waals surface area contributed by atoms with E-state index in [-0.39, 0.29) is 11.9 Å². The van der Waals surface area contributed by atoms with Gasteiger partial charge in [-0.25, -0.2) is 4.39 Å². The van der Waals surface area contributed by atoms with Crippen LogP contribution >= 0.6 is 0 Å². The van der Waals surface area contributed by atoms with Gasteiger partial charge in [-0.1, -0.05) is 18.2 Å². The van der Waals surface area contributed by atoms with Crippen molar-refractivity contribution in [2.24, 2.45) is 0 Å². The second kappa shape index (κ2) is 3.44. The molecule has 13 heavy (non-hydrogen) atoms. The normalized spacial score (nSPS) is 27.8. The van der Waals surface area contributed by atoms with Gasteiger partial charge in [-0.2, -0.15) is 0 Å². The number of rotatable bonds is 1. The monoisotopic (exact) mass is 181 g/mol. The average molecular weight is 181 g/mol. The Kier molecular flexibility index (Phi) is 2.29. The molecule has 1 saturated heterocycles. The fourth-order valence-corrected chi connectivity index (χ4v) is 1.73. The minimum absolute atomic E-state index is 0.235. The standard InChI is InChI=1S/C10H12FNO/c11-8-4-2-1-3-7(8)10-9(13)5-6-12-10/h1-4,9-10,12-13H,5-6H2/t9-,10-/m0/s1. The molecule has 70 valence electrons. The summed E-state index contributed by atoms with van der Waals surface area (Å²) in [4.78, 5) is 0. The van der Waals surface area contributed by atoms with Crippen LogP contribution in [0.3, 0.4) is 0 Å². The number of aliphatic hydroxyl groups excluding tert-OH is 1. The van der Waals surface area contributed by atoms with Gasteiger partial charge in [0.15, 0.2) is 0 Å². The van der Waals surface area contributed by atoms with Crippen LogP contribution in [0.2, 0.25) is 0 Å². The summed E-state index contributed by atoms with van der Waals surface area (Å²) in [5.74, 6) is -0.249. The Morgan fingerprint density at radius 1 is 1.38 bits per heavy atom. The van der Waals surface area contributed by atoms with Gasteiger partial charge in [-0.15, -0.1) is 0 Å². The maximum Gasteiger partial charge on any atom is 0.128 e. The molecule has 0 radical (unpaired) electrons. The summed E-state index contributed by atoms with van der Waals surface area (Å²) < 4.78 is 13.3. The fourth-order valence-electron chi connectivity index (χ4n) is 1.73. The summed E-state index contributed by atoms with van der Waals surface area (Å²) in [5, 5.41) is 12.6. The van der Waals surface area contributed by atoms with Crippen LogP contribution < -0.4 is 5.32 Å². The van der Waals surface area contributed by atoms with Gasteiger partial charge in [0.25, 0.3) is 0 Å². The van der Waals surface area contributed by atoms with Gasteiger partial charge in [-0.05, 0) is 19.0 Å². The van der Waals surface area contributed by atoms with Gasteiger partial charge in [0, 0.05) is 5.56 Å². The van der Waals surface area contributed by atoms with E-state index in [1.54, 1.807) is 18.2 Å². The number of hydrogen-bond acceptors (Lipinski definition) is 2. The molecule has 0 spiro atoms. The highest BCUT2D eigenvalue weighted by Gasteiger charge is 2.27. The highest BCUT2D eigenvalue weighted by atomic mass is 19.1. The number of halogens is 1. The van der Waals surface area contributed by atoms with Crippen molar-refractivity contribution in [1.82, 2.24) is 5.32 Å². The maximum atomic E-state index is 13.3. The second-order valence-corrected chi connectivity index (χ2v) is 3.31. The molecule has 0 bridgehead atoms. The van der Waals surface area contributed by atoms with Crippen molar-refractivity contribution >= 4 is 0 Å². The summed E-state index contributed by atoms with van der Waals surface area (Å²) in [6.45, 7) is 0.750. The predicted molar refractivity (Wildman–Crippen MR) is 47.8 cm³/mol. The van der Waals surface area contributed by atoms with E-state index in [0.29, 0.717) is 12.0 Å². The number of hydrogen-bond donors (Lipinski definition) is 2. The van der Waals surface area contributed by atoms with Gasteiger partial charge in [0.05, 0.1) is 12.1 Å². The van der Waals surface area contributed by atoms with E-state index in [4.69, 9.17) is 0 Å². The Morgan fingerprint density at radius 2 is 2.15 bits per heavy atom. The van der Waals surface area contributed by atoms with Gasteiger partial charge in [-0.3, -0.25) is 0 Å². The summed E-state index contributed by atoms with van der Waals surface area (Å²) >= 11 is 0. The zero-order valence-corrected chi connectivity index (χ0v) is 7.20. The lowest BCUT2D eigenvalue weighted by Crippen LogP contribution is -2.21. The van der Waals surface area contributed by atoms with Crippen LogP contribution in [0.25, 0.3) is 0 Å². The lowest BCUT2D eigenvalue weighted by Gasteiger charge is -2.15. The van der Waals surface area contributed by atoms with E-state index in [9.17, 15) is 9.50 Å². The van der Waals surface area contributed by atoms with Gasteiger partial charge in [0.2, 0.25) is 0 Å². The molecule has 0 aromatic heterocycles. The molecule has 3 heteroatoms. The third-order valence-corrected chi connectivity index (χ3v) is 2.43. The first-order valence-electron chi connectivity index (χ1n) is 4.45. The molecule has 2 N–H and O–H groups in total. The zero-order valence-electron chi connectivity index (χ0n) is 7.20. The maximum absolute atomic E-state index is 13.3. The van der Waals surface area contributed by atoms with E-state index >= 15 is 0 Å². The van der Waals surface area contributed by atoms with Crippen LogP contribution in [-0.2, 0) is 0 Å². The van der Waals surface area contributed by atoms with Crippen LogP contribution in [0, 0.1) is 5.82 Å². The van der Waals surface area contributed by atoms with Crippen molar-refractivity contribution in [2.45, 2.75) is 18.6 Å². The van der Waals surface area contributed by atoms with E-state index in [0.717, 1.165) is 6.54 Å². The lowest BCUT2D eigenvalue weighted by molar-refractivity contribution is 0.158. The minimum Gasteiger partial charge on any atom is -0.391 e. The molecule has 0 unspecified atom stereocenters. The van der Waals surface area contributed by atoms with E-state index in [1.165, 1.54) is 6.07 Å². The largest absolute Gasteiger partial charge is 0.391 e. The van der Waals surface area contributed by atoms with Gasteiger partial charge >= 0.3 is 0 Å². The van der Waals surface area contributed by atoms with Gasteiger partial charge < -0.3 is 10.4 Å². The highest BCUT2D eigenvalue weighted by Crippen LogP contribution is 2.25. The number of nitrogens with one attached hydrogen (secondary N) is 1. The Labute approximate surface area is 76.4 Å². The molecule has 2 rings (SSSR count). The Bertz CT molecular complexity index is 303. The molecule has 1 fully saturated rings. The van der Waals surface area contributed by atoms with Crippen LogP contribution in [0.15, 0.2) is 24.3 Å². The summed E-state index contributed by atoms with van der Waals surface area (Å²) in [6.07, 6.45) is 0.232. The third kappa shape index (κ3) is 1.57. The molecule has 0 saturated carbocycles. The molecule has 1 aliphatic heterocycles. The minimum atomic E-state index is -0.461. The van der Waals surface area contributed by atoms with Crippen LogP contribution in [0.4, 0.5) is 4.39 Å². The molecule has 0 aliphatic carbocycles. The lowest BCUT2D eigenvalue weighted by atomic mass is 10.0. The van der Waals surface area contributed by atoms with Crippen LogP contribution in [-0.4, -0.2) is 17.8 Å². The fraction of sp³-hybridized carbons (Fsp3) is 0.400. The first-order valence-corrected chi connectivity index (χ1v) is 4.45. The first-order chi connectivity index (χ1) is 6.29. The molecule has 0 amide bonds. The Balaban J connectivity index is 2.29. The van der Waals surface area contributed by atoms with Crippen LogP contribution in [0.1, 0.15) is 18.0 Å². The van der Waals surface area contributed by atoms with Crippen molar-refractivity contribution in [3.05, 3.63) is 35.6 Å². The quantitative estimate of drug-likeness (QED) is 0.682. The predicted octanol–water partition coefficient (Wildman–Crippen LogP) is 1.22. The zero-order chi connectivity index (χ0) is 9.26. The summed E-state index contributed by atoms with van der Waals surface area (Å²) in [6, 6.07) is 6.33. The third-order valence-electron chi connectivity index (χ3n) is 2.43. The summed E-state index contributed by atoms with van der Waals surface area (Å²) in [5.41, 5.74) is 0.563. The van der Waals surface area contributed by atoms with E-state index in [2.05, 4.69) is 5.32 Å². The van der Waals surface area contributed by atoms with E-state index in [1.807, 2.05) is 0 Å². The molecular formula is C10H12FNO. The SMILES string of the molecule is O[C@H]1CCN[C@H]1c1ccccc1F. The van der Waals surface area contributed by atoms with Crippen molar-refractivity contribution in [1.29, 1.82) is 0 Å². The van der Waals surface area contributed by atoms with Crippen molar-refractivity contribution in [3.8, 4) is 0 Å². The highest BCUT2D eigenvalue weighted by molar-refractivity contribution is 5.23. The molecule has 2 nitrogen and oxygen atoms in total. The smallest absolute Gasteiger partial charge is 0.128 e. The number of benzene rings is 1. The topological polar surface area (TPSA) is 32.3 Å². The second-order valence-electron chi connectivity index (χ2n) is 3.31. The van der Waals surface area contributed by atoms with Crippen molar-refractivity contribution in [2.75, 3.05) is 6.54 Å². The molecule has 1 aromatic carbocycles. The van der Waals surface area contributed by atoms with Crippen molar-refractivity contribution in [3.63, 3.8) is 0 Å². The molecule has 1 aromatic rings. The van der Waals surface area contributed by atoms with Crippen LogP contribution in [0.5, 0.6) is 0 Å². The Morgan fingerprint density at radius 3 is 2.77 bits per heavy atom. The molecule has 1 heterocycles. The molecule has 1 aliphatic rings. The van der Waals surface area contributed by atoms with Crippen molar-refractivity contribution < 1.29 is 9.50 Å². The first kappa shape index (κ1) is 8.66. The van der Waals surface area contributed by atoms with E-state index < -0.39 is 6.10 Å². The molecular weight excluding hydrogens is 169 g/mol. The average Bonchev–Trinajstić information content (AvgIpc) is 2.52. The Hall–Kier alpha value is -0.930. The molecule has 2 atom stereocenters. The summed E-state index contributed by atoms with van der Waals surface area (Å²) in [7, 11) is 0.